The Morgan fingerprint density at radius 3 is 2.64 bits per heavy atom. The lowest BCUT2D eigenvalue weighted by molar-refractivity contribution is 0.170. The highest BCUT2D eigenvalue weighted by Gasteiger charge is 2.05. The summed E-state index contributed by atoms with van der Waals surface area (Å²) in [6, 6.07) is 3.61. The third-order valence-electron chi connectivity index (χ3n) is 1.84. The number of aliphatic hydroxyl groups is 2. The first-order chi connectivity index (χ1) is 6.80. The number of ether oxygens (including phenoxy) is 1. The van der Waals surface area contributed by atoms with Crippen LogP contribution in [0.5, 0.6) is 5.06 Å². The van der Waals surface area contributed by atoms with Gasteiger partial charge in [0.15, 0.2) is 5.06 Å². The Labute approximate surface area is 87.1 Å². The number of methoxy groups -OCH3 is 1. The maximum absolute atomic E-state index is 8.81. The summed E-state index contributed by atoms with van der Waals surface area (Å²) < 4.78 is 5.05. The van der Waals surface area contributed by atoms with Gasteiger partial charge in [0, 0.05) is 11.4 Å². The summed E-state index contributed by atoms with van der Waals surface area (Å²) >= 11 is 1.55. The third-order valence-corrected chi connectivity index (χ3v) is 2.89. The van der Waals surface area contributed by atoms with Crippen LogP contribution in [-0.2, 0) is 6.54 Å². The SMILES string of the molecule is COc1ccc(CNC(CO)CO)s1. The van der Waals surface area contributed by atoms with Crippen LogP contribution in [0.25, 0.3) is 0 Å². The minimum atomic E-state index is -0.247. The van der Waals surface area contributed by atoms with Gasteiger partial charge in [0.05, 0.1) is 26.4 Å². The van der Waals surface area contributed by atoms with Crippen molar-refractivity contribution in [1.29, 1.82) is 0 Å². The van der Waals surface area contributed by atoms with Crippen LogP contribution in [0.15, 0.2) is 12.1 Å². The molecule has 0 aliphatic carbocycles. The molecule has 0 unspecified atom stereocenters. The molecule has 0 amide bonds. The molecule has 0 saturated carbocycles. The van der Waals surface area contributed by atoms with Crippen LogP contribution < -0.4 is 10.1 Å². The second-order valence-electron chi connectivity index (χ2n) is 2.87. The Hall–Kier alpha value is -0.620. The second-order valence-corrected chi connectivity index (χ2v) is 4.00. The summed E-state index contributed by atoms with van der Waals surface area (Å²) in [4.78, 5) is 1.12. The van der Waals surface area contributed by atoms with Crippen LogP contribution in [0.2, 0.25) is 0 Å². The highest BCUT2D eigenvalue weighted by atomic mass is 32.1. The van der Waals surface area contributed by atoms with Crippen LogP contribution in [-0.4, -0.2) is 36.6 Å². The zero-order chi connectivity index (χ0) is 10.4. The molecule has 5 heteroatoms. The lowest BCUT2D eigenvalue weighted by Gasteiger charge is -2.11. The van der Waals surface area contributed by atoms with Gasteiger partial charge in [-0.25, -0.2) is 0 Å². The fourth-order valence-corrected chi connectivity index (χ4v) is 1.76. The van der Waals surface area contributed by atoms with Gasteiger partial charge in [0.25, 0.3) is 0 Å². The Kier molecular flexibility index (Phi) is 4.89. The highest BCUT2D eigenvalue weighted by molar-refractivity contribution is 7.13. The molecule has 0 radical (unpaired) electrons. The van der Waals surface area contributed by atoms with Gasteiger partial charge in [-0.05, 0) is 12.1 Å². The molecule has 0 atom stereocenters. The fraction of sp³-hybridized carbons (Fsp3) is 0.556. The van der Waals surface area contributed by atoms with Crippen LogP contribution in [0.3, 0.4) is 0 Å². The predicted octanol–water partition coefficient (Wildman–Crippen LogP) is 0.199. The Morgan fingerprint density at radius 1 is 1.43 bits per heavy atom. The lowest BCUT2D eigenvalue weighted by atomic mass is 10.3. The monoisotopic (exact) mass is 217 g/mol. The second kappa shape index (κ2) is 5.98. The predicted molar refractivity (Wildman–Crippen MR) is 55.7 cm³/mol. The third kappa shape index (κ3) is 3.26. The molecular formula is C9H15NO3S. The number of nitrogens with one attached hydrogen (secondary N) is 1. The number of thiophene rings is 1. The zero-order valence-corrected chi connectivity index (χ0v) is 8.88. The molecule has 0 aromatic carbocycles. The number of hydrogen-bond acceptors (Lipinski definition) is 5. The van der Waals surface area contributed by atoms with Gasteiger partial charge in [-0.2, -0.15) is 0 Å². The normalized spacial score (nSPS) is 10.9. The van der Waals surface area contributed by atoms with Crippen molar-refractivity contribution in [3.63, 3.8) is 0 Å². The molecule has 0 bridgehead atoms. The smallest absolute Gasteiger partial charge is 0.173 e. The molecule has 0 saturated heterocycles. The van der Waals surface area contributed by atoms with E-state index in [1.54, 1.807) is 18.4 Å². The lowest BCUT2D eigenvalue weighted by Crippen LogP contribution is -2.34. The molecule has 1 aromatic heterocycles. The maximum Gasteiger partial charge on any atom is 0.173 e. The van der Waals surface area contributed by atoms with Crippen molar-refractivity contribution in [1.82, 2.24) is 5.32 Å². The molecule has 0 spiro atoms. The van der Waals surface area contributed by atoms with Gasteiger partial charge < -0.3 is 20.3 Å². The summed E-state index contributed by atoms with van der Waals surface area (Å²) in [5, 5.41) is 21.5. The Morgan fingerprint density at radius 2 is 2.14 bits per heavy atom. The van der Waals surface area contributed by atoms with E-state index in [4.69, 9.17) is 14.9 Å². The first-order valence-corrected chi connectivity index (χ1v) is 5.19. The molecule has 0 fully saturated rings. The van der Waals surface area contributed by atoms with Crippen molar-refractivity contribution in [2.75, 3.05) is 20.3 Å². The van der Waals surface area contributed by atoms with E-state index in [2.05, 4.69) is 5.32 Å². The van der Waals surface area contributed by atoms with Gasteiger partial charge in [0.1, 0.15) is 0 Å². The average Bonchev–Trinajstić information content (AvgIpc) is 2.67. The molecule has 80 valence electrons. The molecule has 4 nitrogen and oxygen atoms in total. The van der Waals surface area contributed by atoms with Crippen molar-refractivity contribution < 1.29 is 14.9 Å². The van der Waals surface area contributed by atoms with Crippen LogP contribution >= 0.6 is 11.3 Å². The molecule has 1 aromatic rings. The molecule has 3 N–H and O–H groups in total. The zero-order valence-electron chi connectivity index (χ0n) is 8.06. The Bertz CT molecular complexity index is 260. The number of hydrogen-bond donors (Lipinski definition) is 3. The Balaban J connectivity index is 2.37. The van der Waals surface area contributed by atoms with E-state index >= 15 is 0 Å². The van der Waals surface area contributed by atoms with Crippen LogP contribution in [0.1, 0.15) is 4.88 Å². The van der Waals surface area contributed by atoms with E-state index in [0.717, 1.165) is 9.94 Å². The van der Waals surface area contributed by atoms with Crippen LogP contribution in [0.4, 0.5) is 0 Å². The van der Waals surface area contributed by atoms with Gasteiger partial charge >= 0.3 is 0 Å². The molecule has 0 aliphatic rings. The number of rotatable bonds is 6. The minimum Gasteiger partial charge on any atom is -0.487 e. The largest absolute Gasteiger partial charge is 0.487 e. The van der Waals surface area contributed by atoms with E-state index in [9.17, 15) is 0 Å². The summed E-state index contributed by atoms with van der Waals surface area (Å²) in [5.41, 5.74) is 0. The van der Waals surface area contributed by atoms with E-state index in [1.165, 1.54) is 0 Å². The topological polar surface area (TPSA) is 61.7 Å². The van der Waals surface area contributed by atoms with Crippen LogP contribution in [0, 0.1) is 0 Å². The molecule has 14 heavy (non-hydrogen) atoms. The minimum absolute atomic E-state index is 0.0565. The first kappa shape index (κ1) is 11.5. The summed E-state index contributed by atoms with van der Waals surface area (Å²) in [6.07, 6.45) is 0. The van der Waals surface area contributed by atoms with Gasteiger partial charge in [-0.3, -0.25) is 0 Å². The van der Waals surface area contributed by atoms with E-state index in [0.29, 0.717) is 6.54 Å². The van der Waals surface area contributed by atoms with E-state index in [-0.39, 0.29) is 19.3 Å². The maximum atomic E-state index is 8.81. The van der Waals surface area contributed by atoms with E-state index in [1.807, 2.05) is 12.1 Å². The summed E-state index contributed by atoms with van der Waals surface area (Å²) in [6.45, 7) is 0.526. The molecule has 0 aliphatic heterocycles. The van der Waals surface area contributed by atoms with Crippen molar-refractivity contribution >= 4 is 11.3 Å². The van der Waals surface area contributed by atoms with Crippen molar-refractivity contribution in [2.24, 2.45) is 0 Å². The van der Waals surface area contributed by atoms with Gasteiger partial charge in [-0.1, -0.05) is 0 Å². The molecule has 1 heterocycles. The molecule has 1 rings (SSSR count). The van der Waals surface area contributed by atoms with Crippen molar-refractivity contribution in [3.8, 4) is 5.06 Å². The summed E-state index contributed by atoms with van der Waals surface area (Å²) in [5.74, 6) is 0. The van der Waals surface area contributed by atoms with Crippen molar-refractivity contribution in [2.45, 2.75) is 12.6 Å². The van der Waals surface area contributed by atoms with E-state index < -0.39 is 0 Å². The van der Waals surface area contributed by atoms with Crippen molar-refractivity contribution in [3.05, 3.63) is 17.0 Å². The van der Waals surface area contributed by atoms with Gasteiger partial charge in [0.2, 0.25) is 0 Å². The number of aliphatic hydroxyl groups excluding tert-OH is 2. The summed E-state index contributed by atoms with van der Waals surface area (Å²) in [7, 11) is 1.63. The quantitative estimate of drug-likeness (QED) is 0.637. The first-order valence-electron chi connectivity index (χ1n) is 4.38. The highest BCUT2D eigenvalue weighted by Crippen LogP contribution is 2.23. The molecular weight excluding hydrogens is 202 g/mol. The van der Waals surface area contributed by atoms with Gasteiger partial charge in [-0.15, -0.1) is 11.3 Å². The fourth-order valence-electron chi connectivity index (χ4n) is 0.995. The average molecular weight is 217 g/mol. The standard InChI is InChI=1S/C9H15NO3S/c1-13-9-3-2-8(14-9)4-10-7(5-11)6-12/h2-3,7,10-12H,4-6H2,1H3.